The lowest BCUT2D eigenvalue weighted by atomic mass is 10.2. The molecule has 1 aliphatic heterocycles. The highest BCUT2D eigenvalue weighted by molar-refractivity contribution is 14.0. The van der Waals surface area contributed by atoms with Gasteiger partial charge < -0.3 is 20.4 Å². The first-order valence-corrected chi connectivity index (χ1v) is 10.2. The number of halogens is 2. The largest absolute Gasteiger partial charge is 0.357 e. The Bertz CT molecular complexity index is 792. The number of likely N-dealkylation sites (N-methyl/N-ethyl adjacent to an activating group) is 1. The average Bonchev–Trinajstić information content (AvgIpc) is 2.72. The maximum Gasteiger partial charge on any atom is 0.191 e. The fourth-order valence-electron chi connectivity index (χ4n) is 3.10. The standard InChI is InChI=1S/C21H29ClN6.HI/c1-3-23-21(26-16-18-6-4-5-7-19(18)22)25-15-17-8-9-24-20(14-17)28-12-10-27(2)11-13-28;/h4-9,14H,3,10-13,15-16H2,1-2H3,(H2,23,25,26);1H. The Labute approximate surface area is 195 Å². The first-order chi connectivity index (χ1) is 13.7. The van der Waals surface area contributed by atoms with Gasteiger partial charge in [0.1, 0.15) is 5.82 Å². The van der Waals surface area contributed by atoms with Gasteiger partial charge in [-0.1, -0.05) is 29.8 Å². The molecule has 1 fully saturated rings. The first kappa shape index (κ1) is 23.7. The predicted octanol–water partition coefficient (Wildman–Crippen LogP) is 3.36. The summed E-state index contributed by atoms with van der Waals surface area (Å²) in [5.74, 6) is 1.82. The smallest absolute Gasteiger partial charge is 0.191 e. The molecule has 3 rings (SSSR count). The van der Waals surface area contributed by atoms with Crippen LogP contribution in [-0.2, 0) is 13.1 Å². The minimum Gasteiger partial charge on any atom is -0.357 e. The molecule has 6 nitrogen and oxygen atoms in total. The van der Waals surface area contributed by atoms with Crippen LogP contribution in [-0.4, -0.2) is 55.6 Å². The van der Waals surface area contributed by atoms with Crippen molar-refractivity contribution in [3.8, 4) is 0 Å². The molecule has 0 bridgehead atoms. The highest BCUT2D eigenvalue weighted by Crippen LogP contribution is 2.16. The third-order valence-corrected chi connectivity index (χ3v) is 5.17. The molecule has 0 radical (unpaired) electrons. The number of benzene rings is 1. The molecule has 0 atom stereocenters. The molecule has 0 aliphatic carbocycles. The molecule has 1 aromatic carbocycles. The number of piperazine rings is 1. The van der Waals surface area contributed by atoms with Gasteiger partial charge in [0, 0.05) is 50.5 Å². The Morgan fingerprint density at radius 2 is 1.90 bits per heavy atom. The average molecular weight is 529 g/mol. The Hall–Kier alpha value is -1.58. The second-order valence-corrected chi connectivity index (χ2v) is 7.36. The Balaban J connectivity index is 0.00000300. The van der Waals surface area contributed by atoms with Crippen LogP contribution in [0.4, 0.5) is 5.82 Å². The summed E-state index contributed by atoms with van der Waals surface area (Å²) in [7, 11) is 2.16. The zero-order chi connectivity index (χ0) is 19.8. The van der Waals surface area contributed by atoms with Gasteiger partial charge in [-0.05, 0) is 43.3 Å². The van der Waals surface area contributed by atoms with Crippen LogP contribution in [0.1, 0.15) is 18.1 Å². The van der Waals surface area contributed by atoms with E-state index in [1.807, 2.05) is 36.5 Å². The van der Waals surface area contributed by atoms with E-state index in [1.54, 1.807) is 0 Å². The van der Waals surface area contributed by atoms with Gasteiger partial charge in [0.15, 0.2) is 5.96 Å². The third-order valence-electron chi connectivity index (χ3n) is 4.81. The second-order valence-electron chi connectivity index (χ2n) is 6.95. The van der Waals surface area contributed by atoms with E-state index in [1.165, 1.54) is 0 Å². The number of pyridine rings is 1. The van der Waals surface area contributed by atoms with Crippen molar-refractivity contribution in [3.63, 3.8) is 0 Å². The van der Waals surface area contributed by atoms with Crippen molar-refractivity contribution in [2.75, 3.05) is 44.7 Å². The number of aliphatic imine (C=N–C) groups is 1. The van der Waals surface area contributed by atoms with Crippen LogP contribution in [0.15, 0.2) is 47.6 Å². The fourth-order valence-corrected chi connectivity index (χ4v) is 3.30. The number of anilines is 1. The number of nitrogens with one attached hydrogen (secondary N) is 2. The van der Waals surface area contributed by atoms with Gasteiger partial charge in [0.05, 0.1) is 6.54 Å². The summed E-state index contributed by atoms with van der Waals surface area (Å²) in [5, 5.41) is 7.40. The van der Waals surface area contributed by atoms with Crippen LogP contribution in [0.5, 0.6) is 0 Å². The maximum absolute atomic E-state index is 6.24. The zero-order valence-electron chi connectivity index (χ0n) is 17.1. The lowest BCUT2D eigenvalue weighted by molar-refractivity contribution is 0.312. The minimum atomic E-state index is 0. The van der Waals surface area contributed by atoms with Crippen molar-refractivity contribution in [2.24, 2.45) is 4.99 Å². The second kappa shape index (κ2) is 12.2. The highest BCUT2D eigenvalue weighted by Gasteiger charge is 2.15. The summed E-state index contributed by atoms with van der Waals surface area (Å²) in [6.07, 6.45) is 1.88. The molecule has 0 unspecified atom stereocenters. The zero-order valence-corrected chi connectivity index (χ0v) is 20.2. The van der Waals surface area contributed by atoms with E-state index in [-0.39, 0.29) is 24.0 Å². The number of rotatable bonds is 6. The molecular formula is C21H30ClIN6. The highest BCUT2D eigenvalue weighted by atomic mass is 127. The molecule has 0 saturated carbocycles. The van der Waals surface area contributed by atoms with Crippen molar-refractivity contribution in [3.05, 3.63) is 58.7 Å². The Kier molecular flexibility index (Phi) is 9.96. The van der Waals surface area contributed by atoms with Crippen LogP contribution >= 0.6 is 35.6 Å². The summed E-state index contributed by atoms with van der Waals surface area (Å²) in [4.78, 5) is 14.0. The molecule has 0 spiro atoms. The lowest BCUT2D eigenvalue weighted by Gasteiger charge is -2.33. The SMILES string of the molecule is CCNC(=NCc1ccnc(N2CCN(C)CC2)c1)NCc1ccccc1Cl.I. The Morgan fingerprint density at radius 1 is 1.14 bits per heavy atom. The molecule has 1 aromatic heterocycles. The van der Waals surface area contributed by atoms with Crippen LogP contribution in [0.3, 0.4) is 0 Å². The predicted molar refractivity (Wildman–Crippen MR) is 132 cm³/mol. The van der Waals surface area contributed by atoms with Crippen molar-refractivity contribution in [1.82, 2.24) is 20.5 Å². The van der Waals surface area contributed by atoms with E-state index in [0.29, 0.717) is 13.1 Å². The molecular weight excluding hydrogens is 499 g/mol. The van der Waals surface area contributed by atoms with Gasteiger partial charge in [-0.2, -0.15) is 0 Å². The van der Waals surface area contributed by atoms with Crippen molar-refractivity contribution in [2.45, 2.75) is 20.0 Å². The van der Waals surface area contributed by atoms with E-state index in [0.717, 1.165) is 60.7 Å². The van der Waals surface area contributed by atoms with E-state index in [9.17, 15) is 0 Å². The van der Waals surface area contributed by atoms with Gasteiger partial charge in [-0.25, -0.2) is 9.98 Å². The first-order valence-electron chi connectivity index (χ1n) is 9.79. The van der Waals surface area contributed by atoms with E-state index < -0.39 is 0 Å². The molecule has 0 amide bonds. The molecule has 1 aliphatic rings. The quantitative estimate of drug-likeness (QED) is 0.342. The van der Waals surface area contributed by atoms with Crippen LogP contribution in [0.2, 0.25) is 5.02 Å². The van der Waals surface area contributed by atoms with Crippen molar-refractivity contribution >= 4 is 47.4 Å². The molecule has 29 heavy (non-hydrogen) atoms. The van der Waals surface area contributed by atoms with E-state index in [2.05, 4.69) is 45.5 Å². The minimum absolute atomic E-state index is 0. The van der Waals surface area contributed by atoms with Gasteiger partial charge >= 0.3 is 0 Å². The number of nitrogens with zero attached hydrogens (tertiary/aromatic N) is 4. The van der Waals surface area contributed by atoms with Crippen molar-refractivity contribution < 1.29 is 0 Å². The topological polar surface area (TPSA) is 55.8 Å². The Morgan fingerprint density at radius 3 is 2.62 bits per heavy atom. The maximum atomic E-state index is 6.24. The molecule has 158 valence electrons. The summed E-state index contributed by atoms with van der Waals surface area (Å²) in [5.41, 5.74) is 2.20. The van der Waals surface area contributed by atoms with Crippen LogP contribution in [0.25, 0.3) is 0 Å². The number of aromatic nitrogens is 1. The normalized spacial score (nSPS) is 15.0. The number of hydrogen-bond acceptors (Lipinski definition) is 4. The summed E-state index contributed by atoms with van der Waals surface area (Å²) < 4.78 is 0. The third kappa shape index (κ3) is 7.31. The molecule has 8 heteroatoms. The lowest BCUT2D eigenvalue weighted by Crippen LogP contribution is -2.44. The summed E-state index contributed by atoms with van der Waals surface area (Å²) in [6, 6.07) is 12.0. The van der Waals surface area contributed by atoms with E-state index >= 15 is 0 Å². The summed E-state index contributed by atoms with van der Waals surface area (Å²) in [6.45, 7) is 8.26. The van der Waals surface area contributed by atoms with Gasteiger partial charge in [0.2, 0.25) is 0 Å². The van der Waals surface area contributed by atoms with Crippen LogP contribution in [0, 0.1) is 0 Å². The number of hydrogen-bond donors (Lipinski definition) is 2. The molecule has 2 aromatic rings. The van der Waals surface area contributed by atoms with Crippen molar-refractivity contribution in [1.29, 1.82) is 0 Å². The molecule has 1 saturated heterocycles. The monoisotopic (exact) mass is 528 g/mol. The van der Waals surface area contributed by atoms with Crippen LogP contribution < -0.4 is 15.5 Å². The summed E-state index contributed by atoms with van der Waals surface area (Å²) >= 11 is 6.24. The number of guanidine groups is 1. The van der Waals surface area contributed by atoms with Gasteiger partial charge in [0.25, 0.3) is 0 Å². The molecule has 2 heterocycles. The van der Waals surface area contributed by atoms with Gasteiger partial charge in [-0.15, -0.1) is 24.0 Å². The molecule has 2 N–H and O–H groups in total. The van der Waals surface area contributed by atoms with Gasteiger partial charge in [-0.3, -0.25) is 0 Å². The van der Waals surface area contributed by atoms with E-state index in [4.69, 9.17) is 16.6 Å². The fraction of sp³-hybridized carbons (Fsp3) is 0.429.